The molecule has 5 heteroatoms. The molecular formula is C18H32N2O2S. The molecule has 0 bridgehead atoms. The Balaban J connectivity index is 2.60. The third-order valence-corrected chi connectivity index (χ3v) is 4.58. The molecule has 1 N–H and O–H groups in total. The molecule has 4 nitrogen and oxygen atoms in total. The molecule has 0 fully saturated rings. The molecule has 0 aliphatic carbocycles. The molecule has 23 heavy (non-hydrogen) atoms. The maximum absolute atomic E-state index is 12.4. The van der Waals surface area contributed by atoms with E-state index < -0.39 is 5.60 Å². The first-order valence-electron chi connectivity index (χ1n) is 8.20. The van der Waals surface area contributed by atoms with E-state index in [0.29, 0.717) is 6.54 Å². The Hall–Kier alpha value is -1.07. The van der Waals surface area contributed by atoms with Gasteiger partial charge in [0.15, 0.2) is 0 Å². The Morgan fingerprint density at radius 3 is 2.30 bits per heavy atom. The minimum absolute atomic E-state index is 0.258. The van der Waals surface area contributed by atoms with Crippen LogP contribution in [0.2, 0.25) is 0 Å². The summed E-state index contributed by atoms with van der Waals surface area (Å²) in [5.41, 5.74) is -0.747. The summed E-state index contributed by atoms with van der Waals surface area (Å²) in [7, 11) is 0. The van der Waals surface area contributed by atoms with E-state index in [1.54, 1.807) is 16.2 Å². The minimum atomic E-state index is -0.476. The van der Waals surface area contributed by atoms with Crippen LogP contribution in [-0.2, 0) is 4.74 Å². The van der Waals surface area contributed by atoms with E-state index in [1.807, 2.05) is 41.5 Å². The molecule has 1 amide bonds. The number of carbonyl (C=O) groups is 1. The lowest BCUT2D eigenvalue weighted by Crippen LogP contribution is -2.50. The first-order chi connectivity index (χ1) is 10.4. The van der Waals surface area contributed by atoms with Crippen LogP contribution in [0.25, 0.3) is 0 Å². The Morgan fingerprint density at radius 1 is 1.26 bits per heavy atom. The highest BCUT2D eigenvalue weighted by Gasteiger charge is 2.30. The zero-order valence-corrected chi connectivity index (χ0v) is 16.6. The van der Waals surface area contributed by atoms with E-state index >= 15 is 0 Å². The number of aryl methyl sites for hydroxylation is 1. The first-order valence-corrected chi connectivity index (χ1v) is 9.02. The van der Waals surface area contributed by atoms with Gasteiger partial charge in [-0.15, -0.1) is 11.3 Å². The van der Waals surface area contributed by atoms with E-state index in [-0.39, 0.29) is 17.7 Å². The van der Waals surface area contributed by atoms with Crippen molar-refractivity contribution < 1.29 is 9.53 Å². The summed E-state index contributed by atoms with van der Waals surface area (Å²) in [6, 6.07) is 4.59. The van der Waals surface area contributed by atoms with E-state index in [1.165, 1.54) is 9.75 Å². The van der Waals surface area contributed by atoms with Gasteiger partial charge in [-0.1, -0.05) is 0 Å². The highest BCUT2D eigenvalue weighted by atomic mass is 32.1. The van der Waals surface area contributed by atoms with E-state index in [0.717, 1.165) is 6.54 Å². The van der Waals surface area contributed by atoms with Crippen molar-refractivity contribution in [1.82, 2.24) is 10.2 Å². The standard InChI is InChI=1S/C18H32N2O2S/c1-13-9-10-15(23-13)14(2)19-11-12-20(17(3,4)5)16(21)22-18(6,7)8/h9-10,14,19H,11-12H2,1-8H3. The van der Waals surface area contributed by atoms with Gasteiger partial charge in [-0.2, -0.15) is 0 Å². The molecule has 0 aliphatic heterocycles. The van der Waals surface area contributed by atoms with Crippen molar-refractivity contribution in [3.8, 4) is 0 Å². The van der Waals surface area contributed by atoms with Crippen molar-refractivity contribution in [2.24, 2.45) is 0 Å². The number of carbonyl (C=O) groups excluding carboxylic acids is 1. The molecule has 1 rings (SSSR count). The van der Waals surface area contributed by atoms with Crippen LogP contribution in [-0.4, -0.2) is 35.2 Å². The van der Waals surface area contributed by atoms with Gasteiger partial charge in [0.05, 0.1) is 0 Å². The molecule has 1 aromatic rings. The topological polar surface area (TPSA) is 41.6 Å². The molecule has 0 saturated carbocycles. The van der Waals surface area contributed by atoms with Crippen LogP contribution in [0.1, 0.15) is 64.3 Å². The van der Waals surface area contributed by atoms with Crippen LogP contribution < -0.4 is 5.32 Å². The lowest BCUT2D eigenvalue weighted by atomic mass is 10.1. The molecule has 1 unspecified atom stereocenters. The minimum Gasteiger partial charge on any atom is -0.444 e. The molecule has 0 aliphatic rings. The second-order valence-corrected chi connectivity index (χ2v) is 9.25. The average Bonchev–Trinajstić information content (AvgIpc) is 2.77. The van der Waals surface area contributed by atoms with Gasteiger partial charge in [0, 0.05) is 34.4 Å². The number of amides is 1. The predicted octanol–water partition coefficient (Wildman–Crippen LogP) is 4.74. The Bertz CT molecular complexity index is 512. The van der Waals surface area contributed by atoms with Gasteiger partial charge in [-0.25, -0.2) is 4.79 Å². The first kappa shape index (κ1) is 20.0. The van der Waals surface area contributed by atoms with Gasteiger partial charge >= 0.3 is 6.09 Å². The fraction of sp³-hybridized carbons (Fsp3) is 0.722. The van der Waals surface area contributed by atoms with Crippen LogP contribution >= 0.6 is 11.3 Å². The number of hydrogen-bond donors (Lipinski definition) is 1. The normalized spacial score (nSPS) is 13.7. The number of thiophene rings is 1. The van der Waals surface area contributed by atoms with Gasteiger partial charge in [0.25, 0.3) is 0 Å². The van der Waals surface area contributed by atoms with Crippen LogP contribution in [0, 0.1) is 6.92 Å². The third kappa shape index (κ3) is 6.92. The summed E-state index contributed by atoms with van der Waals surface area (Å²) in [5, 5.41) is 3.49. The van der Waals surface area contributed by atoms with E-state index in [2.05, 4.69) is 31.3 Å². The second kappa shape index (κ2) is 7.67. The summed E-state index contributed by atoms with van der Waals surface area (Å²) in [4.78, 5) is 16.9. The van der Waals surface area contributed by atoms with Crippen molar-refractivity contribution in [2.45, 2.75) is 72.6 Å². The fourth-order valence-corrected chi connectivity index (χ4v) is 3.10. The van der Waals surface area contributed by atoms with Gasteiger partial charge in [-0.3, -0.25) is 0 Å². The van der Waals surface area contributed by atoms with Crippen molar-refractivity contribution in [1.29, 1.82) is 0 Å². The summed E-state index contributed by atoms with van der Waals surface area (Å²) in [6.07, 6.45) is -0.258. The van der Waals surface area contributed by atoms with Crippen LogP contribution in [0.15, 0.2) is 12.1 Å². The zero-order valence-electron chi connectivity index (χ0n) is 15.8. The quantitative estimate of drug-likeness (QED) is 0.841. The fourth-order valence-electron chi connectivity index (χ4n) is 2.20. The Kier molecular flexibility index (Phi) is 6.66. The predicted molar refractivity (Wildman–Crippen MR) is 98.2 cm³/mol. The maximum Gasteiger partial charge on any atom is 0.410 e. The van der Waals surface area contributed by atoms with Gasteiger partial charge in [-0.05, 0) is 67.5 Å². The summed E-state index contributed by atoms with van der Waals surface area (Å²) < 4.78 is 5.53. The van der Waals surface area contributed by atoms with Gasteiger partial charge in [0.1, 0.15) is 5.60 Å². The third-order valence-electron chi connectivity index (χ3n) is 3.40. The van der Waals surface area contributed by atoms with Crippen molar-refractivity contribution in [3.63, 3.8) is 0 Å². The van der Waals surface area contributed by atoms with Crippen molar-refractivity contribution in [3.05, 3.63) is 21.9 Å². The zero-order chi connectivity index (χ0) is 17.8. The van der Waals surface area contributed by atoms with Crippen LogP contribution in [0.5, 0.6) is 0 Å². The monoisotopic (exact) mass is 340 g/mol. The van der Waals surface area contributed by atoms with Crippen molar-refractivity contribution >= 4 is 17.4 Å². The van der Waals surface area contributed by atoms with Crippen LogP contribution in [0.4, 0.5) is 4.79 Å². The second-order valence-electron chi connectivity index (χ2n) is 7.93. The van der Waals surface area contributed by atoms with E-state index in [9.17, 15) is 4.79 Å². The molecule has 1 atom stereocenters. The smallest absolute Gasteiger partial charge is 0.410 e. The lowest BCUT2D eigenvalue weighted by molar-refractivity contribution is 0.00650. The Morgan fingerprint density at radius 2 is 1.87 bits per heavy atom. The molecule has 1 heterocycles. The summed E-state index contributed by atoms with van der Waals surface area (Å²) in [6.45, 7) is 17.4. The molecule has 132 valence electrons. The number of hydrogen-bond acceptors (Lipinski definition) is 4. The average molecular weight is 341 g/mol. The molecule has 0 saturated heterocycles. The number of nitrogens with zero attached hydrogens (tertiary/aromatic N) is 1. The van der Waals surface area contributed by atoms with E-state index in [4.69, 9.17) is 4.74 Å². The molecule has 0 radical (unpaired) electrons. The number of ether oxygens (including phenoxy) is 1. The largest absolute Gasteiger partial charge is 0.444 e. The number of nitrogens with one attached hydrogen (secondary N) is 1. The van der Waals surface area contributed by atoms with Crippen LogP contribution in [0.3, 0.4) is 0 Å². The highest BCUT2D eigenvalue weighted by Crippen LogP contribution is 2.22. The van der Waals surface area contributed by atoms with Gasteiger partial charge in [0.2, 0.25) is 0 Å². The van der Waals surface area contributed by atoms with Crippen molar-refractivity contribution in [2.75, 3.05) is 13.1 Å². The summed E-state index contributed by atoms with van der Waals surface area (Å²) >= 11 is 1.81. The summed E-state index contributed by atoms with van der Waals surface area (Å²) in [5.74, 6) is 0. The highest BCUT2D eigenvalue weighted by molar-refractivity contribution is 7.12. The molecular weight excluding hydrogens is 308 g/mol. The molecule has 0 aromatic carbocycles. The molecule has 0 spiro atoms. The molecule has 1 aromatic heterocycles. The van der Waals surface area contributed by atoms with Gasteiger partial charge < -0.3 is 15.0 Å². The Labute approximate surface area is 145 Å². The lowest BCUT2D eigenvalue weighted by Gasteiger charge is -2.37. The maximum atomic E-state index is 12.4. The number of rotatable bonds is 5. The SMILES string of the molecule is Cc1ccc(C(C)NCCN(C(=O)OC(C)(C)C)C(C)(C)C)s1.